The zero-order valence-electron chi connectivity index (χ0n) is 10.3. The van der Waals surface area contributed by atoms with Gasteiger partial charge in [0, 0.05) is 6.16 Å². The molecule has 0 bridgehead atoms. The number of aliphatic carboxylic acids is 2. The van der Waals surface area contributed by atoms with Gasteiger partial charge >= 0.3 is 19.5 Å². The van der Waals surface area contributed by atoms with Crippen LogP contribution in [0.2, 0.25) is 0 Å². The predicted molar refractivity (Wildman–Crippen MR) is 67.9 cm³/mol. The van der Waals surface area contributed by atoms with Crippen LogP contribution < -0.4 is 5.73 Å². The van der Waals surface area contributed by atoms with Gasteiger partial charge in [-0.05, 0) is 6.42 Å². The summed E-state index contributed by atoms with van der Waals surface area (Å²) in [6.45, 7) is 0. The molecule has 0 rings (SSSR count). The van der Waals surface area contributed by atoms with Crippen LogP contribution >= 0.6 is 15.0 Å². The molecule has 0 spiro atoms. The third-order valence-corrected chi connectivity index (χ3v) is 6.12. The predicted octanol–water partition coefficient (Wildman–Crippen LogP) is -0.920. The molecule has 0 aliphatic heterocycles. The van der Waals surface area contributed by atoms with Crippen LogP contribution in [0.3, 0.4) is 0 Å². The number of hydrogen-bond donors (Lipinski definition) is 6. The minimum atomic E-state index is -4.68. The smallest absolute Gasteiger partial charge is 0.326 e. The van der Waals surface area contributed by atoms with E-state index in [1.54, 1.807) is 0 Å². The van der Waals surface area contributed by atoms with Crippen LogP contribution in [0.1, 0.15) is 12.8 Å². The van der Waals surface area contributed by atoms with Crippen molar-refractivity contribution in [3.8, 4) is 0 Å². The van der Waals surface area contributed by atoms with Crippen molar-refractivity contribution in [2.24, 2.45) is 5.73 Å². The van der Waals surface area contributed by atoms with Gasteiger partial charge in [0.2, 0.25) is 7.37 Å². The summed E-state index contributed by atoms with van der Waals surface area (Å²) >= 11 is 0. The van der Waals surface area contributed by atoms with E-state index in [9.17, 15) is 23.6 Å². The van der Waals surface area contributed by atoms with Crippen molar-refractivity contribution in [2.75, 3.05) is 12.3 Å². The van der Waals surface area contributed by atoms with Crippen LogP contribution in [-0.4, -0.2) is 60.9 Å². The lowest BCUT2D eigenvalue weighted by Gasteiger charge is -2.22. The third-order valence-electron chi connectivity index (χ3n) is 2.51. The molecule has 10 nitrogen and oxygen atoms in total. The lowest BCUT2D eigenvalue weighted by Crippen LogP contribution is -2.31. The fourth-order valence-corrected chi connectivity index (χ4v) is 5.23. The molecule has 118 valence electrons. The lowest BCUT2D eigenvalue weighted by atomic mass is 10.2. The summed E-state index contributed by atoms with van der Waals surface area (Å²) in [6.07, 6.45) is -2.99. The van der Waals surface area contributed by atoms with Gasteiger partial charge in [-0.3, -0.25) is 18.7 Å². The summed E-state index contributed by atoms with van der Waals surface area (Å²) in [7, 11) is -8.95. The Morgan fingerprint density at radius 2 is 1.60 bits per heavy atom. The SMILES string of the molecule is N[C@H](CCP(=O)(O)C(CC(=O)O)CP(=O)(O)O)C(=O)O. The number of carboxylic acid groups (broad SMARTS) is 2. The Balaban J connectivity index is 4.93. The van der Waals surface area contributed by atoms with Gasteiger partial charge in [0.1, 0.15) is 6.04 Å². The fraction of sp³-hybridized carbons (Fsp3) is 0.750. The first-order valence-corrected chi connectivity index (χ1v) is 9.12. The Bertz CT molecular complexity index is 459. The van der Waals surface area contributed by atoms with Crippen molar-refractivity contribution >= 4 is 26.9 Å². The Labute approximate surface area is 114 Å². The molecular weight excluding hydrogens is 316 g/mol. The highest BCUT2D eigenvalue weighted by atomic mass is 31.2. The fourth-order valence-electron chi connectivity index (χ4n) is 1.44. The van der Waals surface area contributed by atoms with E-state index in [0.29, 0.717) is 0 Å². The van der Waals surface area contributed by atoms with Gasteiger partial charge in [0.05, 0.1) is 18.2 Å². The largest absolute Gasteiger partial charge is 0.481 e. The monoisotopic (exact) mass is 333 g/mol. The molecule has 0 amide bonds. The summed E-state index contributed by atoms with van der Waals surface area (Å²) in [5, 5.41) is 17.1. The van der Waals surface area contributed by atoms with Gasteiger partial charge in [-0.15, -0.1) is 0 Å². The summed E-state index contributed by atoms with van der Waals surface area (Å²) < 4.78 is 22.8. The minimum absolute atomic E-state index is 0.402. The standard InChI is InChI=1S/C8H17NO9P2/c9-6(8(12)13)1-2-19(14,15)5(3-7(10)11)4-20(16,17)18/h5-6H,1-4,9H2,(H,10,11)(H,12,13)(H,14,15)(H2,16,17,18)/t5?,6-/m1/s1. The second kappa shape index (κ2) is 7.31. The molecule has 0 heterocycles. The van der Waals surface area contributed by atoms with Gasteiger partial charge in [0.25, 0.3) is 0 Å². The van der Waals surface area contributed by atoms with Crippen LogP contribution in [0.25, 0.3) is 0 Å². The molecule has 0 saturated heterocycles. The second-order valence-corrected chi connectivity index (χ2v) is 8.69. The van der Waals surface area contributed by atoms with Gasteiger partial charge in [0.15, 0.2) is 0 Å². The van der Waals surface area contributed by atoms with Gasteiger partial charge in [-0.1, -0.05) is 0 Å². The highest BCUT2D eigenvalue weighted by Crippen LogP contribution is 2.53. The van der Waals surface area contributed by atoms with Crippen LogP contribution in [0, 0.1) is 0 Å². The van der Waals surface area contributed by atoms with Gasteiger partial charge in [-0.2, -0.15) is 0 Å². The molecule has 0 aliphatic carbocycles. The van der Waals surface area contributed by atoms with E-state index in [2.05, 4.69) is 0 Å². The molecule has 3 atom stereocenters. The molecule has 2 unspecified atom stereocenters. The van der Waals surface area contributed by atoms with Crippen LogP contribution in [-0.2, 0) is 18.7 Å². The first kappa shape index (κ1) is 19.2. The van der Waals surface area contributed by atoms with E-state index in [0.717, 1.165) is 0 Å². The maximum absolute atomic E-state index is 12.0. The molecule has 0 aromatic rings. The summed E-state index contributed by atoms with van der Waals surface area (Å²) in [5.74, 6) is -2.88. The summed E-state index contributed by atoms with van der Waals surface area (Å²) in [5.41, 5.74) is 3.50. The normalized spacial score (nSPS) is 18.0. The number of hydrogen-bond acceptors (Lipinski definition) is 5. The Hall–Kier alpha value is -0.760. The van der Waals surface area contributed by atoms with E-state index >= 15 is 0 Å². The Morgan fingerprint density at radius 3 is 1.95 bits per heavy atom. The molecule has 7 N–H and O–H groups in total. The average Bonchev–Trinajstić information content (AvgIpc) is 2.22. The second-order valence-electron chi connectivity index (χ2n) is 4.31. The van der Waals surface area contributed by atoms with Crippen LogP contribution in [0.4, 0.5) is 0 Å². The van der Waals surface area contributed by atoms with E-state index < -0.39 is 63.8 Å². The van der Waals surface area contributed by atoms with Crippen LogP contribution in [0.15, 0.2) is 0 Å². The first-order valence-electron chi connectivity index (χ1n) is 5.41. The maximum atomic E-state index is 12.0. The zero-order valence-corrected chi connectivity index (χ0v) is 12.1. The van der Waals surface area contributed by atoms with Gasteiger partial charge in [-0.25, -0.2) is 0 Å². The Morgan fingerprint density at radius 1 is 1.10 bits per heavy atom. The molecular formula is C8H17NO9P2. The molecule has 0 aromatic carbocycles. The summed E-state index contributed by atoms with van der Waals surface area (Å²) in [6, 6.07) is -1.41. The van der Waals surface area contributed by atoms with E-state index in [1.165, 1.54) is 0 Å². The average molecular weight is 333 g/mol. The molecule has 0 aliphatic rings. The zero-order chi connectivity index (χ0) is 16.1. The van der Waals surface area contributed by atoms with Crippen molar-refractivity contribution in [1.29, 1.82) is 0 Å². The number of rotatable bonds is 9. The minimum Gasteiger partial charge on any atom is -0.481 e. The quantitative estimate of drug-likeness (QED) is 0.287. The van der Waals surface area contributed by atoms with Crippen molar-refractivity contribution in [3.63, 3.8) is 0 Å². The maximum Gasteiger partial charge on any atom is 0.326 e. The first-order chi connectivity index (χ1) is 8.85. The van der Waals surface area contributed by atoms with E-state index in [4.69, 9.17) is 25.7 Å². The number of carbonyl (C=O) groups is 2. The number of carboxylic acids is 2. The number of nitrogens with two attached hydrogens (primary N) is 1. The third kappa shape index (κ3) is 7.74. The van der Waals surface area contributed by atoms with Crippen molar-refractivity contribution in [3.05, 3.63) is 0 Å². The van der Waals surface area contributed by atoms with E-state index in [1.807, 2.05) is 0 Å². The van der Waals surface area contributed by atoms with E-state index in [-0.39, 0.29) is 0 Å². The van der Waals surface area contributed by atoms with Gasteiger partial charge < -0.3 is 30.6 Å². The molecule has 0 aromatic heterocycles. The lowest BCUT2D eigenvalue weighted by molar-refractivity contribution is -0.139. The highest BCUT2D eigenvalue weighted by Gasteiger charge is 2.37. The summed E-state index contributed by atoms with van der Waals surface area (Å²) in [4.78, 5) is 48.4. The Kier molecular flexibility index (Phi) is 7.03. The van der Waals surface area contributed by atoms with Crippen molar-refractivity contribution in [1.82, 2.24) is 0 Å². The van der Waals surface area contributed by atoms with Crippen molar-refractivity contribution < 1.29 is 43.6 Å². The van der Waals surface area contributed by atoms with Crippen molar-refractivity contribution in [2.45, 2.75) is 24.5 Å². The molecule has 0 fully saturated rings. The topological polar surface area (TPSA) is 195 Å². The molecule has 12 heteroatoms. The molecule has 0 saturated carbocycles. The molecule has 20 heavy (non-hydrogen) atoms. The van der Waals surface area contributed by atoms with Crippen LogP contribution in [0.5, 0.6) is 0 Å². The highest BCUT2D eigenvalue weighted by molar-refractivity contribution is 7.60. The molecule has 0 radical (unpaired) electrons.